The third kappa shape index (κ3) is 3.54. The van der Waals surface area contributed by atoms with Gasteiger partial charge in [0.2, 0.25) is 11.8 Å². The van der Waals surface area contributed by atoms with Crippen molar-refractivity contribution in [1.29, 1.82) is 0 Å². The van der Waals surface area contributed by atoms with Crippen molar-refractivity contribution in [3.63, 3.8) is 0 Å². The number of rotatable bonds is 3. The van der Waals surface area contributed by atoms with Gasteiger partial charge < -0.3 is 15.1 Å². The first-order valence-electron chi connectivity index (χ1n) is 11.5. The zero-order chi connectivity index (χ0) is 24.1. The molecule has 3 N–H and O–H groups in total. The van der Waals surface area contributed by atoms with E-state index in [0.717, 1.165) is 35.1 Å². The van der Waals surface area contributed by atoms with Crippen molar-refractivity contribution in [2.75, 3.05) is 18.8 Å². The molecule has 1 amide bonds. The number of carbonyl (C=O) groups is 1. The molecule has 5 aromatic rings. The number of para-hydroxylation sites is 2. The first-order chi connectivity index (χ1) is 17.0. The molecule has 0 radical (unpaired) electrons. The molecular weight excluding hydrogens is 446 g/mol. The molecule has 1 aliphatic rings. The van der Waals surface area contributed by atoms with Gasteiger partial charge in [0.1, 0.15) is 16.7 Å². The number of aromatic nitrogens is 5. The molecule has 35 heavy (non-hydrogen) atoms. The van der Waals surface area contributed by atoms with E-state index in [0.29, 0.717) is 35.6 Å². The minimum Gasteiger partial charge on any atom is -0.436 e. The van der Waals surface area contributed by atoms with Crippen LogP contribution in [0.15, 0.2) is 57.7 Å². The van der Waals surface area contributed by atoms with Crippen LogP contribution in [0.5, 0.6) is 0 Å². The van der Waals surface area contributed by atoms with Gasteiger partial charge >= 0.3 is 0 Å². The number of benzene rings is 2. The Morgan fingerprint density at radius 3 is 2.69 bits per heavy atom. The fraction of sp³-hybridized carbons (Fsp3) is 0.240. The van der Waals surface area contributed by atoms with Crippen LogP contribution in [0.3, 0.4) is 0 Å². The summed E-state index contributed by atoms with van der Waals surface area (Å²) in [6, 6.07) is 15.1. The number of oxazole rings is 1. The Bertz CT molecular complexity index is 1600. The van der Waals surface area contributed by atoms with E-state index in [4.69, 9.17) is 15.2 Å². The molecule has 0 spiro atoms. The fourth-order valence-electron chi connectivity index (χ4n) is 4.79. The van der Waals surface area contributed by atoms with E-state index in [1.165, 1.54) is 0 Å². The van der Waals surface area contributed by atoms with Crippen LogP contribution >= 0.6 is 0 Å². The van der Waals surface area contributed by atoms with Crippen LogP contribution in [0.2, 0.25) is 0 Å². The number of nitrogen functional groups attached to an aromatic ring is 1. The summed E-state index contributed by atoms with van der Waals surface area (Å²) < 4.78 is 7.59. The van der Waals surface area contributed by atoms with Gasteiger partial charge in [0.25, 0.3) is 5.56 Å². The van der Waals surface area contributed by atoms with Gasteiger partial charge in [-0.15, -0.1) is 0 Å². The number of fused-ring (bicyclic) bond motifs is 2. The average Bonchev–Trinajstić information content (AvgIpc) is 3.50. The molecule has 4 heterocycles. The number of nitrogens with zero attached hydrogens (tertiary/aromatic N) is 5. The third-order valence-electron chi connectivity index (χ3n) is 6.55. The van der Waals surface area contributed by atoms with Gasteiger partial charge in [-0.1, -0.05) is 24.3 Å². The van der Waals surface area contributed by atoms with Gasteiger partial charge in [0, 0.05) is 31.1 Å². The van der Waals surface area contributed by atoms with Crippen molar-refractivity contribution in [2.45, 2.75) is 25.8 Å². The zero-order valence-electron chi connectivity index (χ0n) is 19.1. The monoisotopic (exact) mass is 469 g/mol. The number of likely N-dealkylation sites (tertiary alicyclic amines) is 1. The number of piperidine rings is 1. The lowest BCUT2D eigenvalue weighted by Crippen LogP contribution is -2.40. The highest BCUT2D eigenvalue weighted by Crippen LogP contribution is 2.34. The molecule has 1 atom stereocenters. The van der Waals surface area contributed by atoms with Crippen molar-refractivity contribution in [1.82, 2.24) is 29.9 Å². The molecular formula is C25H23N7O3. The summed E-state index contributed by atoms with van der Waals surface area (Å²) in [6.45, 7) is 2.75. The van der Waals surface area contributed by atoms with Crippen LogP contribution in [0.4, 0.5) is 5.82 Å². The van der Waals surface area contributed by atoms with Crippen LogP contribution in [0.25, 0.3) is 44.7 Å². The lowest BCUT2D eigenvalue weighted by molar-refractivity contribution is -0.130. The van der Waals surface area contributed by atoms with E-state index in [9.17, 15) is 9.59 Å². The SMILES string of the molecule is CC(=O)N1CCC[C@@H](n2nc(-c3ccc(-c4nc5ccccc5o4)cc3)c3c(N)n[nH]c(=O)c32)C1. The maximum Gasteiger partial charge on any atom is 0.290 e. The quantitative estimate of drug-likeness (QED) is 0.413. The van der Waals surface area contributed by atoms with Crippen LogP contribution in [0.1, 0.15) is 25.8 Å². The van der Waals surface area contributed by atoms with Crippen molar-refractivity contribution in [2.24, 2.45) is 0 Å². The Morgan fingerprint density at radius 1 is 1.14 bits per heavy atom. The summed E-state index contributed by atoms with van der Waals surface area (Å²) in [5, 5.41) is 11.8. The van der Waals surface area contributed by atoms with Crippen molar-refractivity contribution in [3.8, 4) is 22.7 Å². The Kier molecular flexibility index (Phi) is 4.87. The average molecular weight is 470 g/mol. The normalized spacial score (nSPS) is 16.3. The second-order valence-electron chi connectivity index (χ2n) is 8.78. The van der Waals surface area contributed by atoms with Crippen molar-refractivity contribution in [3.05, 3.63) is 58.9 Å². The summed E-state index contributed by atoms with van der Waals surface area (Å²) in [7, 11) is 0. The summed E-state index contributed by atoms with van der Waals surface area (Å²) in [5.41, 5.74) is 9.92. The zero-order valence-corrected chi connectivity index (χ0v) is 19.1. The minimum absolute atomic E-state index is 0.0104. The van der Waals surface area contributed by atoms with E-state index in [2.05, 4.69) is 15.2 Å². The number of hydrogen-bond donors (Lipinski definition) is 2. The second kappa shape index (κ2) is 8.08. The van der Waals surface area contributed by atoms with E-state index in [1.807, 2.05) is 48.5 Å². The Balaban J connectivity index is 1.44. The summed E-state index contributed by atoms with van der Waals surface area (Å²) in [6.07, 6.45) is 1.64. The van der Waals surface area contributed by atoms with Crippen molar-refractivity contribution >= 4 is 33.7 Å². The number of hydrogen-bond acceptors (Lipinski definition) is 7. The molecule has 1 fully saturated rings. The van der Waals surface area contributed by atoms with Gasteiger partial charge in [-0.3, -0.25) is 14.3 Å². The fourth-order valence-corrected chi connectivity index (χ4v) is 4.79. The van der Waals surface area contributed by atoms with Crippen LogP contribution in [-0.4, -0.2) is 48.9 Å². The molecule has 3 aromatic heterocycles. The highest BCUT2D eigenvalue weighted by molar-refractivity contribution is 5.99. The van der Waals surface area contributed by atoms with E-state index in [1.54, 1.807) is 16.5 Å². The van der Waals surface area contributed by atoms with Gasteiger partial charge in [-0.05, 0) is 37.1 Å². The molecule has 10 nitrogen and oxygen atoms in total. The van der Waals surface area contributed by atoms with Gasteiger partial charge in [-0.25, -0.2) is 10.1 Å². The molecule has 1 aliphatic heterocycles. The van der Waals surface area contributed by atoms with Crippen LogP contribution in [-0.2, 0) is 4.79 Å². The van der Waals surface area contributed by atoms with Crippen molar-refractivity contribution < 1.29 is 9.21 Å². The van der Waals surface area contributed by atoms with Crippen LogP contribution < -0.4 is 11.3 Å². The molecule has 10 heteroatoms. The molecule has 0 aliphatic carbocycles. The molecule has 6 rings (SSSR count). The Labute approximate surface area is 199 Å². The van der Waals surface area contributed by atoms with Gasteiger partial charge in [0.15, 0.2) is 11.4 Å². The van der Waals surface area contributed by atoms with Gasteiger partial charge in [0.05, 0.1) is 11.4 Å². The number of nitrogens with two attached hydrogens (primary N) is 1. The number of aromatic amines is 1. The number of H-pyrrole nitrogens is 1. The summed E-state index contributed by atoms with van der Waals surface area (Å²) in [5.74, 6) is 0.733. The maximum atomic E-state index is 12.8. The van der Waals surface area contributed by atoms with E-state index in [-0.39, 0.29) is 23.3 Å². The molecule has 1 saturated heterocycles. The number of nitrogens with one attached hydrogen (secondary N) is 1. The first-order valence-corrected chi connectivity index (χ1v) is 11.5. The maximum absolute atomic E-state index is 12.8. The highest BCUT2D eigenvalue weighted by atomic mass is 16.3. The predicted molar refractivity (Wildman–Crippen MR) is 132 cm³/mol. The lowest BCUT2D eigenvalue weighted by atomic mass is 10.1. The summed E-state index contributed by atoms with van der Waals surface area (Å²) in [4.78, 5) is 31.2. The van der Waals surface area contributed by atoms with E-state index < -0.39 is 0 Å². The lowest BCUT2D eigenvalue weighted by Gasteiger charge is -2.32. The first kappa shape index (κ1) is 21.1. The number of amides is 1. The van der Waals surface area contributed by atoms with Gasteiger partial charge in [-0.2, -0.15) is 10.2 Å². The Morgan fingerprint density at radius 2 is 1.91 bits per heavy atom. The second-order valence-corrected chi connectivity index (χ2v) is 8.78. The molecule has 0 bridgehead atoms. The highest BCUT2D eigenvalue weighted by Gasteiger charge is 2.28. The Hall–Kier alpha value is -4.47. The molecule has 176 valence electrons. The molecule has 0 saturated carbocycles. The smallest absolute Gasteiger partial charge is 0.290 e. The molecule has 0 unspecified atom stereocenters. The standard InChI is InChI=1S/C25H23N7O3/c1-14(33)31-12-4-5-17(13-31)32-22-20(23(26)28-29-24(22)34)21(30-32)15-8-10-16(11-9-15)25-27-18-6-2-3-7-19(18)35-25/h2-3,6-11,17H,4-5,12-13H2,1H3,(H2,26,28)(H,29,34)/t17-/m1/s1. The minimum atomic E-state index is -0.365. The van der Waals surface area contributed by atoms with E-state index >= 15 is 0 Å². The predicted octanol–water partition coefficient (Wildman–Crippen LogP) is 3.36. The third-order valence-corrected chi connectivity index (χ3v) is 6.55. The topological polar surface area (TPSA) is 136 Å². The van der Waals surface area contributed by atoms with Crippen LogP contribution in [0, 0.1) is 0 Å². The largest absolute Gasteiger partial charge is 0.436 e. The number of carbonyl (C=O) groups excluding carboxylic acids is 1. The summed E-state index contributed by atoms with van der Waals surface area (Å²) >= 11 is 0. The molecule has 2 aromatic carbocycles. The number of anilines is 1.